The highest BCUT2D eigenvalue weighted by molar-refractivity contribution is 6.05. The van der Waals surface area contributed by atoms with Crippen molar-refractivity contribution in [2.75, 3.05) is 13.7 Å². The molecule has 0 saturated heterocycles. The molecular weight excluding hydrogens is 360 g/mol. The summed E-state index contributed by atoms with van der Waals surface area (Å²) in [5.41, 5.74) is 2.00. The molecule has 0 aliphatic rings. The van der Waals surface area contributed by atoms with Crippen LogP contribution in [0.5, 0.6) is 0 Å². The molecule has 0 spiro atoms. The number of carbonyl (C=O) groups excluding carboxylic acids is 2. The molecule has 144 valence electrons. The van der Waals surface area contributed by atoms with Crippen LogP contribution in [0.1, 0.15) is 39.0 Å². The number of rotatable bonds is 4. The molecule has 0 fully saturated rings. The Labute approximate surface area is 161 Å². The highest BCUT2D eigenvalue weighted by Crippen LogP contribution is 2.22. The predicted octanol–water partition coefficient (Wildman–Crippen LogP) is 2.97. The zero-order valence-electron chi connectivity index (χ0n) is 16.1. The van der Waals surface area contributed by atoms with E-state index in [4.69, 9.17) is 9.47 Å². The predicted molar refractivity (Wildman–Crippen MR) is 104 cm³/mol. The van der Waals surface area contributed by atoms with Crippen LogP contribution in [0.2, 0.25) is 0 Å². The Morgan fingerprint density at radius 3 is 2.32 bits per heavy atom. The number of fused-ring (bicyclic) bond motifs is 1. The quantitative estimate of drug-likeness (QED) is 0.647. The molecule has 0 radical (unpaired) electrons. The van der Waals surface area contributed by atoms with Gasteiger partial charge in [0.25, 0.3) is 5.56 Å². The molecule has 2 aromatic heterocycles. The Bertz CT molecular complexity index is 1130. The first-order valence-corrected chi connectivity index (χ1v) is 8.77. The number of ether oxygens (including phenoxy) is 2. The van der Waals surface area contributed by atoms with E-state index in [1.165, 1.54) is 11.7 Å². The van der Waals surface area contributed by atoms with Gasteiger partial charge in [0.1, 0.15) is 0 Å². The summed E-state index contributed by atoms with van der Waals surface area (Å²) in [6, 6.07) is 8.23. The smallest absolute Gasteiger partial charge is 0.340 e. The Morgan fingerprint density at radius 2 is 1.71 bits per heavy atom. The van der Waals surface area contributed by atoms with Gasteiger partial charge in [-0.1, -0.05) is 0 Å². The standard InChI is InChI=1S/C21H20N2O5/c1-5-28-20(25)14-6-8-15(9-7-14)23-11-10-16-17(19(23)24)12(2)22-13(3)18(16)21(26)27-4/h6-11H,5H2,1-4H3. The second-order valence-corrected chi connectivity index (χ2v) is 6.20. The highest BCUT2D eigenvalue weighted by Gasteiger charge is 2.19. The molecule has 0 aliphatic carbocycles. The molecule has 0 bridgehead atoms. The van der Waals surface area contributed by atoms with Crippen molar-refractivity contribution in [1.29, 1.82) is 0 Å². The van der Waals surface area contributed by atoms with E-state index < -0.39 is 11.9 Å². The summed E-state index contributed by atoms with van der Waals surface area (Å²) in [6.07, 6.45) is 1.59. The lowest BCUT2D eigenvalue weighted by Gasteiger charge is -2.13. The summed E-state index contributed by atoms with van der Waals surface area (Å²) in [5, 5.41) is 0.851. The second-order valence-electron chi connectivity index (χ2n) is 6.20. The fraction of sp³-hybridized carbons (Fsp3) is 0.238. The van der Waals surface area contributed by atoms with Gasteiger partial charge in [-0.05, 0) is 51.1 Å². The summed E-state index contributed by atoms with van der Waals surface area (Å²) >= 11 is 0. The molecular formula is C21H20N2O5. The molecule has 3 rings (SSSR count). The van der Waals surface area contributed by atoms with E-state index in [9.17, 15) is 14.4 Å². The number of aryl methyl sites for hydroxylation is 2. The maximum absolute atomic E-state index is 13.1. The molecule has 28 heavy (non-hydrogen) atoms. The monoisotopic (exact) mass is 380 g/mol. The van der Waals surface area contributed by atoms with Gasteiger partial charge in [0.2, 0.25) is 0 Å². The first kappa shape index (κ1) is 19.3. The van der Waals surface area contributed by atoms with Crippen LogP contribution in [0.4, 0.5) is 0 Å². The molecule has 3 aromatic rings. The molecule has 1 aromatic carbocycles. The average Bonchev–Trinajstić information content (AvgIpc) is 2.68. The molecule has 0 N–H and O–H groups in total. The van der Waals surface area contributed by atoms with Gasteiger partial charge in [0.05, 0.1) is 41.6 Å². The number of esters is 2. The lowest BCUT2D eigenvalue weighted by molar-refractivity contribution is 0.0525. The molecule has 0 atom stereocenters. The Kier molecular flexibility index (Phi) is 5.26. The van der Waals surface area contributed by atoms with Crippen LogP contribution >= 0.6 is 0 Å². The van der Waals surface area contributed by atoms with Gasteiger partial charge in [0.15, 0.2) is 0 Å². The zero-order valence-corrected chi connectivity index (χ0v) is 16.1. The van der Waals surface area contributed by atoms with E-state index in [2.05, 4.69) is 4.98 Å². The number of methoxy groups -OCH3 is 1. The van der Waals surface area contributed by atoms with Crippen molar-refractivity contribution >= 4 is 22.7 Å². The molecule has 0 saturated carbocycles. The fourth-order valence-corrected chi connectivity index (χ4v) is 3.19. The lowest BCUT2D eigenvalue weighted by atomic mass is 10.0. The van der Waals surface area contributed by atoms with Crippen LogP contribution in [-0.2, 0) is 9.47 Å². The van der Waals surface area contributed by atoms with E-state index in [0.717, 1.165) is 0 Å². The molecule has 0 unspecified atom stereocenters. The second kappa shape index (κ2) is 7.64. The summed E-state index contributed by atoms with van der Waals surface area (Å²) in [7, 11) is 1.29. The first-order valence-electron chi connectivity index (χ1n) is 8.77. The van der Waals surface area contributed by atoms with E-state index in [-0.39, 0.29) is 11.1 Å². The Hall–Kier alpha value is -3.48. The normalized spacial score (nSPS) is 10.7. The Morgan fingerprint density at radius 1 is 1.04 bits per heavy atom. The van der Waals surface area contributed by atoms with Crippen molar-refractivity contribution in [3.8, 4) is 5.69 Å². The lowest BCUT2D eigenvalue weighted by Crippen LogP contribution is -2.21. The molecule has 0 aliphatic heterocycles. The van der Waals surface area contributed by atoms with Crippen LogP contribution < -0.4 is 5.56 Å². The fourth-order valence-electron chi connectivity index (χ4n) is 3.19. The Balaban J connectivity index is 2.17. The molecule has 7 heteroatoms. The number of benzene rings is 1. The zero-order chi connectivity index (χ0) is 20.4. The third kappa shape index (κ3) is 3.26. The highest BCUT2D eigenvalue weighted by atomic mass is 16.5. The number of pyridine rings is 2. The third-order valence-corrected chi connectivity index (χ3v) is 4.47. The van der Waals surface area contributed by atoms with E-state index in [1.54, 1.807) is 57.3 Å². The van der Waals surface area contributed by atoms with E-state index in [1.807, 2.05) is 0 Å². The minimum Gasteiger partial charge on any atom is -0.465 e. The summed E-state index contributed by atoms with van der Waals surface area (Å²) in [6.45, 7) is 5.46. The van der Waals surface area contributed by atoms with Crippen LogP contribution in [0, 0.1) is 13.8 Å². The third-order valence-electron chi connectivity index (χ3n) is 4.47. The van der Waals surface area contributed by atoms with Crippen molar-refractivity contribution in [2.45, 2.75) is 20.8 Å². The van der Waals surface area contributed by atoms with Crippen LogP contribution in [0.15, 0.2) is 41.3 Å². The van der Waals surface area contributed by atoms with Gasteiger partial charge in [-0.15, -0.1) is 0 Å². The van der Waals surface area contributed by atoms with Gasteiger partial charge in [-0.3, -0.25) is 14.3 Å². The van der Waals surface area contributed by atoms with E-state index >= 15 is 0 Å². The molecule has 0 amide bonds. The van der Waals surface area contributed by atoms with Crippen molar-refractivity contribution in [2.24, 2.45) is 0 Å². The van der Waals surface area contributed by atoms with Gasteiger partial charge < -0.3 is 9.47 Å². The summed E-state index contributed by atoms with van der Waals surface area (Å²) < 4.78 is 11.3. The number of hydrogen-bond donors (Lipinski definition) is 0. The van der Waals surface area contributed by atoms with Gasteiger partial charge >= 0.3 is 11.9 Å². The first-order chi connectivity index (χ1) is 13.4. The van der Waals surface area contributed by atoms with Crippen molar-refractivity contribution in [3.63, 3.8) is 0 Å². The minimum absolute atomic E-state index is 0.282. The topological polar surface area (TPSA) is 87.5 Å². The SMILES string of the molecule is CCOC(=O)c1ccc(-n2ccc3c(C(=O)OC)c(C)nc(C)c3c2=O)cc1. The molecule has 2 heterocycles. The van der Waals surface area contributed by atoms with Gasteiger partial charge in [-0.25, -0.2) is 9.59 Å². The number of hydrogen-bond acceptors (Lipinski definition) is 6. The van der Waals surface area contributed by atoms with E-state index in [0.29, 0.717) is 40.0 Å². The maximum Gasteiger partial charge on any atom is 0.340 e. The van der Waals surface area contributed by atoms with Crippen molar-refractivity contribution < 1.29 is 19.1 Å². The van der Waals surface area contributed by atoms with Gasteiger partial charge in [0, 0.05) is 17.3 Å². The van der Waals surface area contributed by atoms with Crippen molar-refractivity contribution in [1.82, 2.24) is 9.55 Å². The number of nitrogens with zero attached hydrogens (tertiary/aromatic N) is 2. The van der Waals surface area contributed by atoms with Crippen LogP contribution in [-0.4, -0.2) is 35.2 Å². The van der Waals surface area contributed by atoms with Gasteiger partial charge in [-0.2, -0.15) is 0 Å². The number of carbonyl (C=O) groups is 2. The maximum atomic E-state index is 13.1. The van der Waals surface area contributed by atoms with Crippen LogP contribution in [0.3, 0.4) is 0 Å². The average molecular weight is 380 g/mol. The number of aromatic nitrogens is 2. The summed E-state index contributed by atoms with van der Waals surface area (Å²) in [5.74, 6) is -0.955. The molecule has 7 nitrogen and oxygen atoms in total. The largest absolute Gasteiger partial charge is 0.465 e. The minimum atomic E-state index is -0.536. The van der Waals surface area contributed by atoms with Crippen LogP contribution in [0.25, 0.3) is 16.5 Å². The summed E-state index contributed by atoms with van der Waals surface area (Å²) in [4.78, 5) is 41.4. The van der Waals surface area contributed by atoms with Crippen molar-refractivity contribution in [3.05, 3.63) is 69.4 Å².